The van der Waals surface area contributed by atoms with Gasteiger partial charge >= 0.3 is 0 Å². The van der Waals surface area contributed by atoms with Crippen LogP contribution in [0.25, 0.3) is 0 Å². The Morgan fingerprint density at radius 2 is 1.64 bits per heavy atom. The van der Waals surface area contributed by atoms with Crippen LogP contribution in [-0.2, 0) is 18.4 Å². The molecule has 5 nitrogen and oxygen atoms in total. The fourth-order valence-electron chi connectivity index (χ4n) is 3.07. The molecule has 0 saturated heterocycles. The molecule has 144 valence electrons. The van der Waals surface area contributed by atoms with Gasteiger partial charge in [-0.15, -0.1) is 0 Å². The van der Waals surface area contributed by atoms with Crippen molar-refractivity contribution < 1.29 is 5.11 Å². The molecule has 4 N–H and O–H groups in total. The number of hydrogen-bond acceptors (Lipinski definition) is 3. The first-order valence-corrected chi connectivity index (χ1v) is 9.41. The Morgan fingerprint density at radius 3 is 2.32 bits per heavy atom. The van der Waals surface area contributed by atoms with E-state index in [0.717, 1.165) is 23.2 Å². The van der Waals surface area contributed by atoms with E-state index < -0.39 is 5.60 Å². The molecule has 5 heteroatoms. The van der Waals surface area contributed by atoms with Crippen molar-refractivity contribution in [1.29, 1.82) is 0 Å². The summed E-state index contributed by atoms with van der Waals surface area (Å²) < 4.78 is 0. The molecule has 3 aromatic rings. The van der Waals surface area contributed by atoms with Crippen molar-refractivity contribution in [2.24, 2.45) is 10.7 Å². The number of nitrogens with one attached hydrogen (secondary N) is 1. The van der Waals surface area contributed by atoms with E-state index in [2.05, 4.69) is 15.3 Å². The van der Waals surface area contributed by atoms with E-state index in [-0.39, 0.29) is 6.54 Å². The summed E-state index contributed by atoms with van der Waals surface area (Å²) in [7, 11) is 0. The summed E-state index contributed by atoms with van der Waals surface area (Å²) in [5.41, 5.74) is 7.76. The molecule has 0 fully saturated rings. The number of hydrogen-bond donors (Lipinski definition) is 3. The van der Waals surface area contributed by atoms with E-state index in [0.29, 0.717) is 18.9 Å². The SMILES string of the molecule is NC(=NCC(O)(Cc1ccccc1)c1ccccc1)NCCc1ccccn1. The number of aliphatic hydroxyl groups is 1. The second kappa shape index (κ2) is 9.67. The fourth-order valence-corrected chi connectivity index (χ4v) is 3.07. The molecular weight excluding hydrogens is 348 g/mol. The predicted molar refractivity (Wildman–Crippen MR) is 113 cm³/mol. The lowest BCUT2D eigenvalue weighted by molar-refractivity contribution is 0.0467. The van der Waals surface area contributed by atoms with Crippen molar-refractivity contribution in [2.45, 2.75) is 18.4 Å². The van der Waals surface area contributed by atoms with E-state index in [4.69, 9.17) is 5.73 Å². The Morgan fingerprint density at radius 1 is 0.964 bits per heavy atom. The summed E-state index contributed by atoms with van der Waals surface area (Å²) >= 11 is 0. The van der Waals surface area contributed by atoms with Gasteiger partial charge in [-0.1, -0.05) is 66.7 Å². The maximum Gasteiger partial charge on any atom is 0.188 e. The van der Waals surface area contributed by atoms with Crippen molar-refractivity contribution in [3.8, 4) is 0 Å². The average molecular weight is 374 g/mol. The van der Waals surface area contributed by atoms with Crippen molar-refractivity contribution in [1.82, 2.24) is 10.3 Å². The van der Waals surface area contributed by atoms with Crippen LogP contribution in [0.15, 0.2) is 90.1 Å². The zero-order valence-electron chi connectivity index (χ0n) is 15.8. The standard InChI is InChI=1S/C23H26N4O/c24-22(26-16-14-21-13-7-8-15-25-21)27-18-23(28,20-11-5-2-6-12-20)17-19-9-3-1-4-10-19/h1-13,15,28H,14,16-18H2,(H3,24,26,27). The molecule has 1 heterocycles. The van der Waals surface area contributed by atoms with Crippen LogP contribution in [0, 0.1) is 0 Å². The summed E-state index contributed by atoms with van der Waals surface area (Å²) in [6, 6.07) is 25.4. The van der Waals surface area contributed by atoms with Gasteiger partial charge in [0, 0.05) is 31.3 Å². The van der Waals surface area contributed by atoms with Crippen molar-refractivity contribution in [3.05, 3.63) is 102 Å². The Kier molecular flexibility index (Phi) is 6.76. The quantitative estimate of drug-likeness (QED) is 0.418. The van der Waals surface area contributed by atoms with Gasteiger partial charge in [0.2, 0.25) is 0 Å². The number of aliphatic imine (C=N–C) groups is 1. The van der Waals surface area contributed by atoms with E-state index in [1.54, 1.807) is 6.20 Å². The van der Waals surface area contributed by atoms with Gasteiger partial charge in [0.15, 0.2) is 5.96 Å². The van der Waals surface area contributed by atoms with Crippen LogP contribution in [0.5, 0.6) is 0 Å². The lowest BCUT2D eigenvalue weighted by atomic mass is 9.87. The van der Waals surface area contributed by atoms with Crippen LogP contribution in [0.1, 0.15) is 16.8 Å². The minimum Gasteiger partial charge on any atom is -0.383 e. The molecule has 0 bridgehead atoms. The molecule has 2 aromatic carbocycles. The minimum atomic E-state index is -1.13. The number of pyridine rings is 1. The van der Waals surface area contributed by atoms with Gasteiger partial charge in [0.25, 0.3) is 0 Å². The Bertz CT molecular complexity index is 869. The molecule has 0 aliphatic rings. The maximum atomic E-state index is 11.4. The van der Waals surface area contributed by atoms with Gasteiger partial charge in [-0.3, -0.25) is 9.98 Å². The van der Waals surface area contributed by atoms with E-state index in [9.17, 15) is 5.11 Å². The largest absolute Gasteiger partial charge is 0.383 e. The smallest absolute Gasteiger partial charge is 0.188 e. The molecule has 1 unspecified atom stereocenters. The van der Waals surface area contributed by atoms with Gasteiger partial charge in [-0.05, 0) is 23.3 Å². The normalized spacial score (nSPS) is 13.7. The van der Waals surface area contributed by atoms with Crippen LogP contribution in [0.3, 0.4) is 0 Å². The zero-order chi connectivity index (χ0) is 19.7. The highest BCUT2D eigenvalue weighted by Crippen LogP contribution is 2.26. The molecule has 0 aliphatic carbocycles. The molecule has 1 aromatic heterocycles. The van der Waals surface area contributed by atoms with Gasteiger partial charge < -0.3 is 16.2 Å². The number of benzene rings is 2. The van der Waals surface area contributed by atoms with Crippen LogP contribution < -0.4 is 11.1 Å². The summed E-state index contributed by atoms with van der Waals surface area (Å²) in [5.74, 6) is 0.318. The van der Waals surface area contributed by atoms with E-state index in [1.165, 1.54) is 0 Å². The molecule has 1 atom stereocenters. The molecular formula is C23H26N4O. The Labute approximate surface area is 166 Å². The first kappa shape index (κ1) is 19.6. The summed E-state index contributed by atoms with van der Waals surface area (Å²) in [4.78, 5) is 8.70. The summed E-state index contributed by atoms with van der Waals surface area (Å²) in [6.07, 6.45) is 2.99. The number of aromatic nitrogens is 1. The summed E-state index contributed by atoms with van der Waals surface area (Å²) in [5, 5.41) is 14.5. The monoisotopic (exact) mass is 374 g/mol. The lowest BCUT2D eigenvalue weighted by Crippen LogP contribution is -2.37. The first-order chi connectivity index (χ1) is 13.7. The van der Waals surface area contributed by atoms with Gasteiger partial charge in [-0.25, -0.2) is 0 Å². The Balaban J connectivity index is 1.66. The Hall–Kier alpha value is -3.18. The maximum absolute atomic E-state index is 11.4. The molecule has 0 radical (unpaired) electrons. The molecule has 0 amide bonds. The average Bonchev–Trinajstić information content (AvgIpc) is 2.74. The molecule has 3 rings (SSSR count). The third-order valence-corrected chi connectivity index (χ3v) is 4.57. The number of guanidine groups is 1. The van der Waals surface area contributed by atoms with E-state index in [1.807, 2.05) is 78.9 Å². The zero-order valence-corrected chi connectivity index (χ0v) is 15.8. The number of rotatable bonds is 8. The highest BCUT2D eigenvalue weighted by Gasteiger charge is 2.29. The minimum absolute atomic E-state index is 0.175. The lowest BCUT2D eigenvalue weighted by Gasteiger charge is -2.27. The number of nitrogens with zero attached hydrogens (tertiary/aromatic N) is 2. The van der Waals surface area contributed by atoms with Crippen molar-refractivity contribution in [3.63, 3.8) is 0 Å². The van der Waals surface area contributed by atoms with Gasteiger partial charge in [0.05, 0.1) is 6.54 Å². The van der Waals surface area contributed by atoms with Crippen LogP contribution in [0.2, 0.25) is 0 Å². The molecule has 0 aliphatic heterocycles. The van der Waals surface area contributed by atoms with Crippen LogP contribution in [0.4, 0.5) is 0 Å². The fraction of sp³-hybridized carbons (Fsp3) is 0.217. The van der Waals surface area contributed by atoms with Gasteiger partial charge in [-0.2, -0.15) is 0 Å². The third-order valence-electron chi connectivity index (χ3n) is 4.57. The molecule has 28 heavy (non-hydrogen) atoms. The summed E-state index contributed by atoms with van der Waals surface area (Å²) in [6.45, 7) is 0.809. The van der Waals surface area contributed by atoms with Gasteiger partial charge in [0.1, 0.15) is 5.60 Å². The van der Waals surface area contributed by atoms with Crippen LogP contribution >= 0.6 is 0 Å². The van der Waals surface area contributed by atoms with E-state index >= 15 is 0 Å². The highest BCUT2D eigenvalue weighted by atomic mass is 16.3. The van der Waals surface area contributed by atoms with Crippen LogP contribution in [-0.4, -0.2) is 29.1 Å². The molecule has 0 saturated carbocycles. The second-order valence-corrected chi connectivity index (χ2v) is 6.76. The predicted octanol–water partition coefficient (Wildman–Crippen LogP) is 2.66. The number of nitrogens with two attached hydrogens (primary N) is 1. The second-order valence-electron chi connectivity index (χ2n) is 6.76. The topological polar surface area (TPSA) is 83.5 Å². The first-order valence-electron chi connectivity index (χ1n) is 9.41. The van der Waals surface area contributed by atoms with Crippen molar-refractivity contribution >= 4 is 5.96 Å². The highest BCUT2D eigenvalue weighted by molar-refractivity contribution is 5.77. The molecule has 0 spiro atoms. The van der Waals surface area contributed by atoms with Crippen molar-refractivity contribution in [2.75, 3.05) is 13.1 Å². The third kappa shape index (κ3) is 5.66.